The summed E-state index contributed by atoms with van der Waals surface area (Å²) in [6.07, 6.45) is 5.15. The maximum absolute atomic E-state index is 16.9. The molecule has 0 spiro atoms. The van der Waals surface area contributed by atoms with Crippen molar-refractivity contribution in [2.24, 2.45) is 5.92 Å². The first kappa shape index (κ1) is 28.6. The third kappa shape index (κ3) is 4.66. The lowest BCUT2D eigenvalue weighted by molar-refractivity contribution is -0.125. The number of aromatic hydroxyl groups is 1. The number of aromatic nitrogens is 3. The second kappa shape index (κ2) is 11.1. The largest absolute Gasteiger partial charge is 0.508 e. The molecule has 0 radical (unpaired) electrons. The quantitative estimate of drug-likeness (QED) is 0.218. The van der Waals surface area contributed by atoms with Gasteiger partial charge in [0, 0.05) is 30.1 Å². The molecule has 2 aliphatic heterocycles. The molecule has 2 saturated heterocycles. The van der Waals surface area contributed by atoms with Crippen molar-refractivity contribution in [1.29, 1.82) is 0 Å². The molecule has 3 aromatic carbocycles. The number of likely N-dealkylation sites (tertiary alicyclic amines) is 2. The van der Waals surface area contributed by atoms with E-state index < -0.39 is 5.82 Å². The van der Waals surface area contributed by atoms with Crippen LogP contribution < -0.4 is 4.74 Å². The van der Waals surface area contributed by atoms with Crippen LogP contribution in [0, 0.1) is 11.7 Å². The van der Waals surface area contributed by atoms with Crippen molar-refractivity contribution in [3.8, 4) is 22.8 Å². The van der Waals surface area contributed by atoms with E-state index in [4.69, 9.17) is 26.3 Å². The number of pyridine rings is 1. The molecular weight excluding hydrogens is 581 g/mol. The van der Waals surface area contributed by atoms with Crippen LogP contribution in [0.2, 0.25) is 5.02 Å². The maximum Gasteiger partial charge on any atom is 0.246 e. The molecule has 1 N–H and O–H groups in total. The highest BCUT2D eigenvalue weighted by atomic mass is 35.5. The third-order valence-electron chi connectivity index (χ3n) is 9.27. The molecule has 226 valence electrons. The SMILES string of the molecule is C=CC(=O)N1CC(C)C(n2cnc3c(OCC4CCCN4C)nc4c(F)c(-c5cc(O)cc6ccccc56)c(Cl)cc4c32)C1. The standard InChI is InChI=1S/C34H33ClFN5O3/c1-4-28(43)40-15-19(2)27(16-40)41-18-37-32-33(41)25-14-26(35)29(24-13-22(42)12-20-8-5-6-10-23(20)24)30(36)31(25)38-34(32)44-17-21-9-7-11-39(21)3/h4-6,8,10,12-14,18-19,21,27,42H,1,7,9,11,15-17H2,2-3H3. The molecule has 7 rings (SSSR count). The van der Waals surface area contributed by atoms with Crippen LogP contribution in [0.15, 0.2) is 61.4 Å². The summed E-state index contributed by atoms with van der Waals surface area (Å²) in [5.41, 5.74) is 1.90. The average Bonchev–Trinajstić information content (AvgIpc) is 3.74. The molecule has 4 heterocycles. The van der Waals surface area contributed by atoms with Gasteiger partial charge in [-0.05, 0) is 73.0 Å². The molecule has 10 heteroatoms. The van der Waals surface area contributed by atoms with Crippen molar-refractivity contribution in [2.75, 3.05) is 33.3 Å². The van der Waals surface area contributed by atoms with Crippen molar-refractivity contribution in [3.63, 3.8) is 0 Å². The van der Waals surface area contributed by atoms with Crippen LogP contribution in [-0.2, 0) is 4.79 Å². The molecule has 2 fully saturated rings. The zero-order valence-corrected chi connectivity index (χ0v) is 25.4. The normalized spacial score (nSPS) is 20.7. The van der Waals surface area contributed by atoms with Crippen LogP contribution in [0.4, 0.5) is 4.39 Å². The van der Waals surface area contributed by atoms with Gasteiger partial charge in [-0.15, -0.1) is 0 Å². The molecule has 44 heavy (non-hydrogen) atoms. The van der Waals surface area contributed by atoms with Gasteiger partial charge in [-0.25, -0.2) is 14.4 Å². The minimum atomic E-state index is -0.608. The van der Waals surface area contributed by atoms with E-state index in [1.807, 2.05) is 28.8 Å². The first-order valence-electron chi connectivity index (χ1n) is 14.9. The number of rotatable bonds is 6. The second-order valence-electron chi connectivity index (χ2n) is 12.0. The fourth-order valence-corrected chi connectivity index (χ4v) is 7.22. The van der Waals surface area contributed by atoms with Gasteiger partial charge in [-0.3, -0.25) is 4.79 Å². The minimum absolute atomic E-state index is 0.00861. The Labute approximate surface area is 259 Å². The van der Waals surface area contributed by atoms with E-state index in [0.29, 0.717) is 41.7 Å². The van der Waals surface area contributed by atoms with Gasteiger partial charge in [0.2, 0.25) is 11.8 Å². The number of carbonyl (C=O) groups is 1. The Morgan fingerprint density at radius 1 is 1.20 bits per heavy atom. The van der Waals surface area contributed by atoms with E-state index >= 15 is 4.39 Å². The van der Waals surface area contributed by atoms with Crippen LogP contribution in [0.3, 0.4) is 0 Å². The third-order valence-corrected chi connectivity index (χ3v) is 9.57. The number of amides is 1. The number of carbonyl (C=O) groups excluding carboxylic acids is 1. The highest BCUT2D eigenvalue weighted by Crippen LogP contribution is 2.44. The number of benzene rings is 3. The van der Waals surface area contributed by atoms with Gasteiger partial charge in [-0.2, -0.15) is 0 Å². The predicted molar refractivity (Wildman–Crippen MR) is 171 cm³/mol. The number of phenolic OH excluding ortho intramolecular Hbond substituents is 1. The predicted octanol–water partition coefficient (Wildman–Crippen LogP) is 6.58. The zero-order chi connectivity index (χ0) is 30.7. The number of likely N-dealkylation sites (N-methyl/N-ethyl adjacent to an activating group) is 1. The molecule has 3 unspecified atom stereocenters. The molecule has 3 atom stereocenters. The van der Waals surface area contributed by atoms with E-state index in [-0.39, 0.29) is 51.6 Å². The van der Waals surface area contributed by atoms with Gasteiger partial charge in [0.1, 0.15) is 17.9 Å². The van der Waals surface area contributed by atoms with Crippen LogP contribution in [0.5, 0.6) is 11.6 Å². The summed E-state index contributed by atoms with van der Waals surface area (Å²) in [4.78, 5) is 26.0. The topological polar surface area (TPSA) is 83.7 Å². The number of ether oxygens (including phenoxy) is 1. The number of fused-ring (bicyclic) bond motifs is 4. The summed E-state index contributed by atoms with van der Waals surface area (Å²) in [6, 6.07) is 12.5. The molecule has 1 amide bonds. The molecule has 0 bridgehead atoms. The highest BCUT2D eigenvalue weighted by molar-refractivity contribution is 6.35. The van der Waals surface area contributed by atoms with E-state index in [2.05, 4.69) is 25.5 Å². The smallest absolute Gasteiger partial charge is 0.246 e. The van der Waals surface area contributed by atoms with E-state index in [9.17, 15) is 9.90 Å². The molecule has 8 nitrogen and oxygen atoms in total. The first-order valence-corrected chi connectivity index (χ1v) is 15.3. The lowest BCUT2D eigenvalue weighted by Gasteiger charge is -2.21. The van der Waals surface area contributed by atoms with Crippen LogP contribution in [0.25, 0.3) is 43.8 Å². The lowest BCUT2D eigenvalue weighted by atomic mass is 9.96. The van der Waals surface area contributed by atoms with Crippen LogP contribution in [-0.4, -0.2) is 74.7 Å². The van der Waals surface area contributed by atoms with Crippen molar-refractivity contribution in [3.05, 3.63) is 72.3 Å². The Morgan fingerprint density at radius 2 is 2.02 bits per heavy atom. The summed E-state index contributed by atoms with van der Waals surface area (Å²) < 4.78 is 25.2. The van der Waals surface area contributed by atoms with E-state index in [1.54, 1.807) is 23.4 Å². The van der Waals surface area contributed by atoms with Gasteiger partial charge < -0.3 is 24.2 Å². The summed E-state index contributed by atoms with van der Waals surface area (Å²) >= 11 is 6.91. The monoisotopic (exact) mass is 613 g/mol. The molecule has 0 saturated carbocycles. The fraction of sp³-hybridized carbons (Fsp3) is 0.324. The van der Waals surface area contributed by atoms with E-state index in [0.717, 1.165) is 30.2 Å². The van der Waals surface area contributed by atoms with Crippen molar-refractivity contribution < 1.29 is 19.0 Å². The van der Waals surface area contributed by atoms with Crippen LogP contribution in [0.1, 0.15) is 25.8 Å². The molecule has 5 aromatic rings. The fourth-order valence-electron chi connectivity index (χ4n) is 6.92. The minimum Gasteiger partial charge on any atom is -0.508 e. The number of nitrogens with zero attached hydrogens (tertiary/aromatic N) is 5. The Bertz CT molecular complexity index is 1960. The molecule has 2 aromatic heterocycles. The summed E-state index contributed by atoms with van der Waals surface area (Å²) in [5.74, 6) is -0.367. The van der Waals surface area contributed by atoms with Gasteiger partial charge in [0.05, 0.1) is 22.9 Å². The van der Waals surface area contributed by atoms with Crippen molar-refractivity contribution in [2.45, 2.75) is 31.8 Å². The van der Waals surface area contributed by atoms with Gasteiger partial charge >= 0.3 is 0 Å². The Morgan fingerprint density at radius 3 is 2.80 bits per heavy atom. The zero-order valence-electron chi connectivity index (χ0n) is 24.6. The van der Waals surface area contributed by atoms with Gasteiger partial charge in [-0.1, -0.05) is 49.4 Å². The number of imidazole rings is 1. The summed E-state index contributed by atoms with van der Waals surface area (Å²) in [6.45, 7) is 8.16. The summed E-state index contributed by atoms with van der Waals surface area (Å²) in [7, 11) is 2.07. The van der Waals surface area contributed by atoms with E-state index in [1.165, 1.54) is 12.1 Å². The first-order chi connectivity index (χ1) is 21.2. The lowest BCUT2D eigenvalue weighted by Crippen LogP contribution is -2.30. The number of hydrogen-bond acceptors (Lipinski definition) is 6. The molecular formula is C34H33ClFN5O3. The van der Waals surface area contributed by atoms with Gasteiger partial charge in [0.15, 0.2) is 11.3 Å². The Hall–Kier alpha value is -4.21. The number of phenols is 1. The average molecular weight is 614 g/mol. The summed E-state index contributed by atoms with van der Waals surface area (Å²) in [5, 5.41) is 12.7. The Balaban J connectivity index is 1.45. The maximum atomic E-state index is 16.9. The van der Waals surface area contributed by atoms with Crippen molar-refractivity contribution >= 4 is 50.2 Å². The second-order valence-corrected chi connectivity index (χ2v) is 12.4. The highest BCUT2D eigenvalue weighted by Gasteiger charge is 2.35. The molecule has 0 aliphatic carbocycles. The molecule has 2 aliphatic rings. The van der Waals surface area contributed by atoms with Crippen LogP contribution >= 0.6 is 11.6 Å². The number of halogens is 2. The Kier molecular flexibility index (Phi) is 7.17. The van der Waals surface area contributed by atoms with Crippen molar-refractivity contribution in [1.82, 2.24) is 24.3 Å². The van der Waals surface area contributed by atoms with Gasteiger partial charge in [0.25, 0.3) is 0 Å². The number of hydrogen-bond donors (Lipinski definition) is 1.